The van der Waals surface area contributed by atoms with Gasteiger partial charge in [0.1, 0.15) is 0 Å². The molecule has 0 unspecified atom stereocenters. The van der Waals surface area contributed by atoms with Crippen LogP contribution in [0.1, 0.15) is 38.1 Å². The molecule has 1 aromatic carbocycles. The zero-order chi connectivity index (χ0) is 17.4. The van der Waals surface area contributed by atoms with Crippen molar-refractivity contribution in [2.24, 2.45) is 0 Å². The Balaban J connectivity index is 1.71. The van der Waals surface area contributed by atoms with Crippen molar-refractivity contribution in [2.45, 2.75) is 38.9 Å². The molecule has 1 aromatic heterocycles. The lowest BCUT2D eigenvalue weighted by Gasteiger charge is -2.32. The summed E-state index contributed by atoms with van der Waals surface area (Å²) in [5.41, 5.74) is 0.611. The summed E-state index contributed by atoms with van der Waals surface area (Å²) in [5.74, 6) is 0.0132. The lowest BCUT2D eigenvalue weighted by Crippen LogP contribution is -2.41. The second-order valence-corrected chi connectivity index (χ2v) is 6.74. The van der Waals surface area contributed by atoms with E-state index in [0.29, 0.717) is 5.56 Å². The number of nitrogens with one attached hydrogen (secondary N) is 1. The molecule has 0 atom stereocenters. The minimum atomic E-state index is -0.440. The van der Waals surface area contributed by atoms with Crippen LogP contribution in [0.4, 0.5) is 5.95 Å². The first-order chi connectivity index (χ1) is 11.3. The Bertz CT molecular complexity index is 717. The molecule has 0 bridgehead atoms. The Morgan fingerprint density at radius 1 is 1.00 bits per heavy atom. The molecule has 1 aliphatic heterocycles. The topological polar surface area (TPSA) is 73.3 Å². The van der Waals surface area contributed by atoms with Crippen LogP contribution in [0.25, 0.3) is 0 Å². The number of carbonyl (C=O) groups excluding carboxylic acids is 1. The molecule has 6 nitrogen and oxygen atoms in total. The van der Waals surface area contributed by atoms with E-state index in [-0.39, 0.29) is 11.9 Å². The summed E-state index contributed by atoms with van der Waals surface area (Å²) in [6.45, 7) is 8.03. The summed E-state index contributed by atoms with van der Waals surface area (Å²) in [5, 5.41) is 2.65. The van der Waals surface area contributed by atoms with Gasteiger partial charge in [-0.25, -0.2) is 9.97 Å². The molecule has 1 aliphatic rings. The van der Waals surface area contributed by atoms with Gasteiger partial charge in [-0.1, -0.05) is 12.1 Å². The molecule has 124 valence electrons. The number of hydrogen-bond donors (Lipinski definition) is 1. The Hall–Kier alpha value is -2.25. The van der Waals surface area contributed by atoms with E-state index < -0.39 is 18.3 Å². The Morgan fingerprint density at radius 2 is 1.54 bits per heavy atom. The fraction of sp³-hybridized carbons (Fsp3) is 0.353. The molecule has 1 saturated heterocycles. The van der Waals surface area contributed by atoms with Gasteiger partial charge >= 0.3 is 7.12 Å². The van der Waals surface area contributed by atoms with E-state index >= 15 is 0 Å². The van der Waals surface area contributed by atoms with Crippen LogP contribution >= 0.6 is 0 Å². The zero-order valence-corrected chi connectivity index (χ0v) is 14.2. The van der Waals surface area contributed by atoms with Crippen LogP contribution in [0, 0.1) is 0 Å². The van der Waals surface area contributed by atoms with Crippen LogP contribution in [0.3, 0.4) is 0 Å². The molecule has 0 aliphatic carbocycles. The molecule has 0 radical (unpaired) electrons. The SMILES string of the molecule is CC1(C)OB(c2ccc(C(=O)Nc3ncccn3)cc2)OC1(C)C. The first-order valence-electron chi connectivity index (χ1n) is 7.82. The maximum atomic E-state index is 12.2. The molecular weight excluding hydrogens is 305 g/mol. The zero-order valence-electron chi connectivity index (χ0n) is 14.2. The van der Waals surface area contributed by atoms with Crippen LogP contribution in [-0.4, -0.2) is 34.2 Å². The second-order valence-electron chi connectivity index (χ2n) is 6.74. The summed E-state index contributed by atoms with van der Waals surface area (Å²) in [6.07, 6.45) is 3.15. The molecule has 1 amide bonds. The van der Waals surface area contributed by atoms with E-state index in [9.17, 15) is 4.79 Å². The van der Waals surface area contributed by atoms with Gasteiger partial charge in [-0.15, -0.1) is 0 Å². The van der Waals surface area contributed by atoms with E-state index in [2.05, 4.69) is 15.3 Å². The predicted octanol–water partition coefficient (Wildman–Crippen LogP) is 2.03. The van der Waals surface area contributed by atoms with Crippen molar-refractivity contribution in [2.75, 3.05) is 5.32 Å². The number of nitrogens with zero attached hydrogens (tertiary/aromatic N) is 2. The van der Waals surface area contributed by atoms with Crippen LogP contribution < -0.4 is 10.8 Å². The fourth-order valence-electron chi connectivity index (χ4n) is 2.31. The third-order valence-electron chi connectivity index (χ3n) is 4.49. The quantitative estimate of drug-likeness (QED) is 0.874. The first kappa shape index (κ1) is 16.6. The van der Waals surface area contributed by atoms with Crippen molar-refractivity contribution < 1.29 is 14.1 Å². The van der Waals surface area contributed by atoms with Crippen molar-refractivity contribution in [1.82, 2.24) is 9.97 Å². The molecule has 24 heavy (non-hydrogen) atoms. The third kappa shape index (κ3) is 3.18. The second kappa shape index (κ2) is 6.00. The standard InChI is InChI=1S/C17H20BN3O3/c1-16(2)17(3,4)24-18(23-16)13-8-6-12(7-9-13)14(22)21-15-19-10-5-11-20-15/h5-11H,1-4H3,(H,19,20,21,22). The fourth-order valence-corrected chi connectivity index (χ4v) is 2.31. The highest BCUT2D eigenvalue weighted by Gasteiger charge is 2.51. The summed E-state index contributed by atoms with van der Waals surface area (Å²) in [6, 6.07) is 8.83. The molecule has 0 saturated carbocycles. The van der Waals surface area contributed by atoms with E-state index in [4.69, 9.17) is 9.31 Å². The van der Waals surface area contributed by atoms with E-state index in [0.717, 1.165) is 5.46 Å². The number of hydrogen-bond acceptors (Lipinski definition) is 5. The monoisotopic (exact) mass is 325 g/mol. The molecule has 0 spiro atoms. The summed E-state index contributed by atoms with van der Waals surface area (Å²) in [7, 11) is -0.440. The predicted molar refractivity (Wildman–Crippen MR) is 92.1 cm³/mol. The van der Waals surface area contributed by atoms with Crippen LogP contribution in [0.2, 0.25) is 0 Å². The third-order valence-corrected chi connectivity index (χ3v) is 4.49. The van der Waals surface area contributed by atoms with E-state index in [1.807, 2.05) is 39.8 Å². The summed E-state index contributed by atoms with van der Waals surface area (Å²) >= 11 is 0. The summed E-state index contributed by atoms with van der Waals surface area (Å²) < 4.78 is 12.0. The molecule has 7 heteroatoms. The van der Waals surface area contributed by atoms with Crippen molar-refractivity contribution in [3.05, 3.63) is 48.3 Å². The molecular formula is C17H20BN3O3. The van der Waals surface area contributed by atoms with Crippen molar-refractivity contribution in [3.63, 3.8) is 0 Å². The normalized spacial score (nSPS) is 18.4. The molecule has 3 rings (SSSR count). The van der Waals surface area contributed by atoms with Crippen molar-refractivity contribution in [1.29, 1.82) is 0 Å². The van der Waals surface area contributed by atoms with Gasteiger partial charge in [0, 0.05) is 18.0 Å². The van der Waals surface area contributed by atoms with E-state index in [1.54, 1.807) is 30.6 Å². The Morgan fingerprint density at radius 3 is 2.08 bits per heavy atom. The number of benzene rings is 1. The number of rotatable bonds is 3. The number of anilines is 1. The Kier molecular flexibility index (Phi) is 4.15. The lowest BCUT2D eigenvalue weighted by molar-refractivity contribution is 0.00578. The van der Waals surface area contributed by atoms with Gasteiger partial charge in [-0.05, 0) is 51.4 Å². The van der Waals surface area contributed by atoms with Crippen molar-refractivity contribution in [3.8, 4) is 0 Å². The first-order valence-corrected chi connectivity index (χ1v) is 7.82. The number of carbonyl (C=O) groups is 1. The van der Waals surface area contributed by atoms with Gasteiger partial charge in [0.05, 0.1) is 11.2 Å². The lowest BCUT2D eigenvalue weighted by atomic mass is 9.79. The highest BCUT2D eigenvalue weighted by Crippen LogP contribution is 2.36. The minimum Gasteiger partial charge on any atom is -0.399 e. The van der Waals surface area contributed by atoms with Gasteiger partial charge in [0.15, 0.2) is 0 Å². The van der Waals surface area contributed by atoms with Gasteiger partial charge in [-0.3, -0.25) is 10.1 Å². The summed E-state index contributed by atoms with van der Waals surface area (Å²) in [4.78, 5) is 20.1. The Labute approximate surface area is 141 Å². The van der Waals surface area contributed by atoms with Gasteiger partial charge in [0.25, 0.3) is 5.91 Å². The van der Waals surface area contributed by atoms with Crippen molar-refractivity contribution >= 4 is 24.4 Å². The number of amides is 1. The maximum absolute atomic E-state index is 12.2. The molecule has 2 aromatic rings. The van der Waals surface area contributed by atoms with Crippen LogP contribution in [0.15, 0.2) is 42.7 Å². The van der Waals surface area contributed by atoms with E-state index in [1.165, 1.54) is 0 Å². The molecule has 2 heterocycles. The number of aromatic nitrogens is 2. The molecule has 1 N–H and O–H groups in total. The van der Waals surface area contributed by atoms with Gasteiger partial charge < -0.3 is 9.31 Å². The average molecular weight is 325 g/mol. The maximum Gasteiger partial charge on any atom is 0.494 e. The highest BCUT2D eigenvalue weighted by molar-refractivity contribution is 6.62. The van der Waals surface area contributed by atoms with Gasteiger partial charge in [-0.2, -0.15) is 0 Å². The highest BCUT2D eigenvalue weighted by atomic mass is 16.7. The smallest absolute Gasteiger partial charge is 0.399 e. The average Bonchev–Trinajstić information content (AvgIpc) is 2.76. The van der Waals surface area contributed by atoms with Crippen LogP contribution in [0.5, 0.6) is 0 Å². The van der Waals surface area contributed by atoms with Crippen LogP contribution in [-0.2, 0) is 9.31 Å². The molecule has 1 fully saturated rings. The largest absolute Gasteiger partial charge is 0.494 e. The van der Waals surface area contributed by atoms with Gasteiger partial charge in [0.2, 0.25) is 5.95 Å². The minimum absolute atomic E-state index is 0.262.